The van der Waals surface area contributed by atoms with E-state index in [1.54, 1.807) is 39.0 Å². The zero-order chi connectivity index (χ0) is 23.5. The molecule has 9 heteroatoms. The van der Waals surface area contributed by atoms with Crippen LogP contribution >= 0.6 is 11.6 Å². The highest BCUT2D eigenvalue weighted by Gasteiger charge is 2.24. The van der Waals surface area contributed by atoms with Crippen molar-refractivity contribution in [3.63, 3.8) is 0 Å². The van der Waals surface area contributed by atoms with Crippen LogP contribution in [0.15, 0.2) is 36.7 Å². The molecule has 0 aliphatic carbocycles. The molecule has 0 unspecified atom stereocenters. The largest absolute Gasteiger partial charge is 0.477 e. The van der Waals surface area contributed by atoms with Gasteiger partial charge < -0.3 is 15.4 Å². The first-order valence-corrected chi connectivity index (χ1v) is 10.4. The molecule has 0 atom stereocenters. The van der Waals surface area contributed by atoms with E-state index in [1.165, 1.54) is 18.5 Å². The smallest absolute Gasteiger partial charge is 0.260 e. The third-order valence-corrected chi connectivity index (χ3v) is 4.99. The van der Waals surface area contributed by atoms with Crippen molar-refractivity contribution < 1.29 is 18.7 Å². The number of amides is 2. The minimum Gasteiger partial charge on any atom is -0.477 e. The summed E-state index contributed by atoms with van der Waals surface area (Å²) in [6.45, 7) is 7.44. The van der Waals surface area contributed by atoms with Crippen molar-refractivity contribution in [3.8, 4) is 5.88 Å². The highest BCUT2D eigenvalue weighted by molar-refractivity contribution is 6.34. The molecule has 2 N–H and O–H groups in total. The van der Waals surface area contributed by atoms with Crippen LogP contribution in [0.5, 0.6) is 5.88 Å². The van der Waals surface area contributed by atoms with Gasteiger partial charge in [0, 0.05) is 17.5 Å². The molecule has 0 saturated carbocycles. The summed E-state index contributed by atoms with van der Waals surface area (Å²) in [6, 6.07) is 7.98. The molecule has 0 aliphatic rings. The molecule has 3 rings (SSSR count). The fourth-order valence-corrected chi connectivity index (χ4v) is 3.21. The molecule has 0 aliphatic heterocycles. The van der Waals surface area contributed by atoms with Gasteiger partial charge in [-0.3, -0.25) is 9.59 Å². The third-order valence-electron chi connectivity index (χ3n) is 4.68. The predicted octanol–water partition coefficient (Wildman–Crippen LogP) is 4.74. The average molecular weight is 459 g/mol. The summed E-state index contributed by atoms with van der Waals surface area (Å²) >= 11 is 6.15. The van der Waals surface area contributed by atoms with Crippen molar-refractivity contribution in [2.45, 2.75) is 34.2 Å². The summed E-state index contributed by atoms with van der Waals surface area (Å²) in [5.74, 6) is -1.39. The Hall–Kier alpha value is -3.26. The second kappa shape index (κ2) is 9.48. The SMILES string of the molecule is CCOc1ncnc2c(NC(=O)c3c(Cl)ccc(CNC(=O)C(C)(C)C)c3F)cccc12. The summed E-state index contributed by atoms with van der Waals surface area (Å²) in [5.41, 5.74) is 0.0168. The van der Waals surface area contributed by atoms with Crippen LogP contribution in [0, 0.1) is 11.2 Å². The Morgan fingerprint density at radius 2 is 1.91 bits per heavy atom. The number of halogens is 2. The maximum atomic E-state index is 15.2. The number of carbonyl (C=O) groups excluding carboxylic acids is 2. The molecule has 1 aromatic heterocycles. The Balaban J connectivity index is 1.90. The van der Waals surface area contributed by atoms with Crippen molar-refractivity contribution >= 4 is 40.0 Å². The lowest BCUT2D eigenvalue weighted by Gasteiger charge is -2.18. The van der Waals surface area contributed by atoms with E-state index in [0.29, 0.717) is 29.1 Å². The molecule has 32 heavy (non-hydrogen) atoms. The van der Waals surface area contributed by atoms with E-state index in [-0.39, 0.29) is 28.6 Å². The average Bonchev–Trinajstić information content (AvgIpc) is 2.73. The number of carbonyl (C=O) groups is 2. The Morgan fingerprint density at radius 1 is 1.16 bits per heavy atom. The quantitative estimate of drug-likeness (QED) is 0.556. The first-order chi connectivity index (χ1) is 15.1. The molecule has 0 saturated heterocycles. The number of hydrogen-bond donors (Lipinski definition) is 2. The van der Waals surface area contributed by atoms with E-state index in [9.17, 15) is 9.59 Å². The van der Waals surface area contributed by atoms with E-state index >= 15 is 4.39 Å². The summed E-state index contributed by atoms with van der Waals surface area (Å²) in [4.78, 5) is 33.4. The lowest BCUT2D eigenvalue weighted by atomic mass is 9.95. The minimum absolute atomic E-state index is 0.0456. The number of hydrogen-bond acceptors (Lipinski definition) is 5. The van der Waals surface area contributed by atoms with E-state index in [0.717, 1.165) is 0 Å². The summed E-state index contributed by atoms with van der Waals surface area (Å²) in [5, 5.41) is 5.91. The van der Waals surface area contributed by atoms with Gasteiger partial charge in [-0.1, -0.05) is 44.5 Å². The van der Waals surface area contributed by atoms with Crippen LogP contribution in [0.4, 0.5) is 10.1 Å². The van der Waals surface area contributed by atoms with Gasteiger partial charge in [-0.15, -0.1) is 0 Å². The highest BCUT2D eigenvalue weighted by atomic mass is 35.5. The molecule has 168 valence electrons. The fraction of sp³-hybridized carbons (Fsp3) is 0.304. The molecule has 0 spiro atoms. The second-order valence-corrected chi connectivity index (χ2v) is 8.50. The first-order valence-electron chi connectivity index (χ1n) is 10.1. The van der Waals surface area contributed by atoms with Crippen LogP contribution in [0.3, 0.4) is 0 Å². The van der Waals surface area contributed by atoms with E-state index in [1.807, 2.05) is 6.92 Å². The number of nitrogens with zero attached hydrogens (tertiary/aromatic N) is 2. The number of nitrogens with one attached hydrogen (secondary N) is 2. The van der Waals surface area contributed by atoms with E-state index < -0.39 is 17.1 Å². The number of benzene rings is 2. The van der Waals surface area contributed by atoms with Crippen molar-refractivity contribution in [3.05, 3.63) is 58.6 Å². The molecule has 2 amide bonds. The van der Waals surface area contributed by atoms with Crippen LogP contribution in [0.25, 0.3) is 10.9 Å². The summed E-state index contributed by atoms with van der Waals surface area (Å²) in [7, 11) is 0. The van der Waals surface area contributed by atoms with Gasteiger partial charge in [-0.25, -0.2) is 14.4 Å². The highest BCUT2D eigenvalue weighted by Crippen LogP contribution is 2.29. The van der Waals surface area contributed by atoms with Crippen LogP contribution < -0.4 is 15.4 Å². The van der Waals surface area contributed by atoms with Crippen LogP contribution in [0.2, 0.25) is 5.02 Å². The van der Waals surface area contributed by atoms with Gasteiger partial charge in [-0.2, -0.15) is 0 Å². The van der Waals surface area contributed by atoms with Gasteiger partial charge in [0.1, 0.15) is 17.7 Å². The number of fused-ring (bicyclic) bond motifs is 1. The lowest BCUT2D eigenvalue weighted by Crippen LogP contribution is -2.34. The monoisotopic (exact) mass is 458 g/mol. The number of anilines is 1. The number of para-hydroxylation sites is 1. The maximum absolute atomic E-state index is 15.2. The number of aromatic nitrogens is 2. The normalized spacial score (nSPS) is 11.3. The molecular formula is C23H24ClFN4O3. The molecule has 3 aromatic rings. The minimum atomic E-state index is -0.797. The van der Waals surface area contributed by atoms with Crippen molar-refractivity contribution in [1.82, 2.24) is 15.3 Å². The van der Waals surface area contributed by atoms with Crippen molar-refractivity contribution in [2.24, 2.45) is 5.41 Å². The van der Waals surface area contributed by atoms with E-state index in [2.05, 4.69) is 20.6 Å². The standard InChI is InChI=1S/C23H24ClFN4O3/c1-5-32-21-14-7-6-8-16(19(14)27-12-28-21)29-20(30)17-15(24)10-9-13(18(17)25)11-26-22(31)23(2,3)4/h6-10,12H,5,11H2,1-4H3,(H,26,31)(H,29,30). The number of ether oxygens (including phenoxy) is 1. The van der Waals surface area contributed by atoms with Gasteiger partial charge in [-0.05, 0) is 25.1 Å². The number of rotatable bonds is 6. The third kappa shape index (κ3) is 4.96. The van der Waals surface area contributed by atoms with Gasteiger partial charge >= 0.3 is 0 Å². The second-order valence-electron chi connectivity index (χ2n) is 8.10. The molecule has 0 fully saturated rings. The molecule has 7 nitrogen and oxygen atoms in total. The first kappa shape index (κ1) is 23.4. The Bertz CT molecular complexity index is 1180. The topological polar surface area (TPSA) is 93.2 Å². The molecule has 2 aromatic carbocycles. The van der Waals surface area contributed by atoms with Crippen LogP contribution in [0.1, 0.15) is 43.6 Å². The molecule has 1 heterocycles. The zero-order valence-corrected chi connectivity index (χ0v) is 19.0. The van der Waals surface area contributed by atoms with Gasteiger partial charge in [0.05, 0.1) is 28.3 Å². The maximum Gasteiger partial charge on any atom is 0.260 e. The summed E-state index contributed by atoms with van der Waals surface area (Å²) in [6.07, 6.45) is 1.33. The Labute approximate surface area is 190 Å². The lowest BCUT2D eigenvalue weighted by molar-refractivity contribution is -0.128. The van der Waals surface area contributed by atoms with Gasteiger partial charge in [0.25, 0.3) is 5.91 Å². The predicted molar refractivity (Wildman–Crippen MR) is 121 cm³/mol. The molecule has 0 radical (unpaired) electrons. The van der Waals surface area contributed by atoms with Gasteiger partial charge in [0.15, 0.2) is 0 Å². The van der Waals surface area contributed by atoms with Crippen LogP contribution in [-0.4, -0.2) is 28.4 Å². The Kier molecular flexibility index (Phi) is 6.93. The van der Waals surface area contributed by atoms with Gasteiger partial charge in [0.2, 0.25) is 11.8 Å². The van der Waals surface area contributed by atoms with Crippen LogP contribution in [-0.2, 0) is 11.3 Å². The molecular weight excluding hydrogens is 435 g/mol. The summed E-state index contributed by atoms with van der Waals surface area (Å²) < 4.78 is 20.7. The van der Waals surface area contributed by atoms with Crippen molar-refractivity contribution in [2.75, 3.05) is 11.9 Å². The molecule has 0 bridgehead atoms. The Morgan fingerprint density at radius 3 is 2.59 bits per heavy atom. The fourth-order valence-electron chi connectivity index (χ4n) is 2.98. The van der Waals surface area contributed by atoms with E-state index in [4.69, 9.17) is 16.3 Å². The van der Waals surface area contributed by atoms with Crippen molar-refractivity contribution in [1.29, 1.82) is 0 Å². The zero-order valence-electron chi connectivity index (χ0n) is 18.3.